The highest BCUT2D eigenvalue weighted by atomic mass is 19.1. The van der Waals surface area contributed by atoms with Crippen LogP contribution >= 0.6 is 0 Å². The van der Waals surface area contributed by atoms with Crippen LogP contribution in [-0.2, 0) is 0 Å². The SMILES string of the molecule is [C-]#[N+]c1ccc(Oc2ccc(C=O)cc2F)cc1. The number of carbonyl (C=O) groups is 1. The molecule has 0 N–H and O–H groups in total. The Hall–Kier alpha value is -2.67. The van der Waals surface area contributed by atoms with Crippen molar-refractivity contribution >= 4 is 12.0 Å². The average Bonchev–Trinajstić information content (AvgIpc) is 2.42. The molecule has 0 saturated carbocycles. The second-order valence-electron chi connectivity index (χ2n) is 3.52. The molecule has 2 aromatic carbocycles. The van der Waals surface area contributed by atoms with E-state index in [9.17, 15) is 9.18 Å². The quantitative estimate of drug-likeness (QED) is 0.601. The number of benzene rings is 2. The van der Waals surface area contributed by atoms with Crippen molar-refractivity contribution in [3.63, 3.8) is 0 Å². The molecule has 18 heavy (non-hydrogen) atoms. The van der Waals surface area contributed by atoms with Crippen LogP contribution in [0, 0.1) is 12.4 Å². The Morgan fingerprint density at radius 2 is 1.89 bits per heavy atom. The minimum atomic E-state index is -0.603. The largest absolute Gasteiger partial charge is 0.454 e. The van der Waals surface area contributed by atoms with Crippen LogP contribution in [0.25, 0.3) is 4.85 Å². The maximum Gasteiger partial charge on any atom is 0.187 e. The van der Waals surface area contributed by atoms with E-state index in [4.69, 9.17) is 11.3 Å². The molecule has 88 valence electrons. The van der Waals surface area contributed by atoms with E-state index in [1.165, 1.54) is 12.1 Å². The van der Waals surface area contributed by atoms with Gasteiger partial charge in [-0.25, -0.2) is 9.24 Å². The summed E-state index contributed by atoms with van der Waals surface area (Å²) in [7, 11) is 0. The van der Waals surface area contributed by atoms with E-state index in [2.05, 4.69) is 4.85 Å². The Kier molecular flexibility index (Phi) is 3.35. The molecule has 3 nitrogen and oxygen atoms in total. The van der Waals surface area contributed by atoms with E-state index < -0.39 is 5.82 Å². The Morgan fingerprint density at radius 3 is 2.44 bits per heavy atom. The van der Waals surface area contributed by atoms with Crippen molar-refractivity contribution in [2.75, 3.05) is 0 Å². The summed E-state index contributed by atoms with van der Waals surface area (Å²) >= 11 is 0. The molecule has 0 saturated heterocycles. The number of halogens is 1. The summed E-state index contributed by atoms with van der Waals surface area (Å²) in [6, 6.07) is 10.3. The first kappa shape index (κ1) is 11.8. The fourth-order valence-corrected chi connectivity index (χ4v) is 1.39. The third-order valence-electron chi connectivity index (χ3n) is 2.29. The Labute approximate surface area is 103 Å². The second-order valence-corrected chi connectivity index (χ2v) is 3.52. The van der Waals surface area contributed by atoms with Crippen molar-refractivity contribution in [1.29, 1.82) is 0 Å². The molecule has 0 aliphatic carbocycles. The monoisotopic (exact) mass is 241 g/mol. The molecule has 0 aromatic heterocycles. The smallest absolute Gasteiger partial charge is 0.187 e. The molecule has 0 heterocycles. The number of nitrogens with zero attached hydrogens (tertiary/aromatic N) is 1. The zero-order valence-corrected chi connectivity index (χ0v) is 9.26. The molecular weight excluding hydrogens is 233 g/mol. The van der Waals surface area contributed by atoms with Gasteiger partial charge in [-0.15, -0.1) is 0 Å². The third kappa shape index (κ3) is 2.53. The van der Waals surface area contributed by atoms with Gasteiger partial charge >= 0.3 is 0 Å². The van der Waals surface area contributed by atoms with E-state index >= 15 is 0 Å². The van der Waals surface area contributed by atoms with Crippen molar-refractivity contribution in [2.24, 2.45) is 0 Å². The lowest BCUT2D eigenvalue weighted by Gasteiger charge is -2.06. The topological polar surface area (TPSA) is 30.7 Å². The van der Waals surface area contributed by atoms with E-state index in [0.717, 1.165) is 6.07 Å². The molecule has 0 aliphatic rings. The van der Waals surface area contributed by atoms with Crippen molar-refractivity contribution < 1.29 is 13.9 Å². The summed E-state index contributed by atoms with van der Waals surface area (Å²) in [5.41, 5.74) is 0.738. The molecule has 0 atom stereocenters. The normalized spacial score (nSPS) is 9.56. The number of aldehydes is 1. The van der Waals surface area contributed by atoms with Crippen LogP contribution in [0.3, 0.4) is 0 Å². The van der Waals surface area contributed by atoms with Gasteiger partial charge in [0.05, 0.1) is 6.57 Å². The molecule has 0 radical (unpaired) electrons. The average molecular weight is 241 g/mol. The van der Waals surface area contributed by atoms with Gasteiger partial charge in [0, 0.05) is 5.56 Å². The van der Waals surface area contributed by atoms with Crippen molar-refractivity contribution in [2.45, 2.75) is 0 Å². The molecular formula is C14H8FNO2. The number of hydrogen-bond acceptors (Lipinski definition) is 2. The highest BCUT2D eigenvalue weighted by Gasteiger charge is 2.05. The standard InChI is InChI=1S/C14H8FNO2/c1-16-11-3-5-12(6-4-11)18-14-7-2-10(9-17)8-13(14)15/h2-9H. The van der Waals surface area contributed by atoms with Gasteiger partial charge in [-0.3, -0.25) is 4.79 Å². The summed E-state index contributed by atoms with van der Waals surface area (Å²) < 4.78 is 18.9. The molecule has 2 rings (SSSR count). The van der Waals surface area contributed by atoms with Gasteiger partial charge in [-0.1, -0.05) is 12.1 Å². The highest BCUT2D eigenvalue weighted by Crippen LogP contribution is 2.26. The van der Waals surface area contributed by atoms with Crippen molar-refractivity contribution in [3.8, 4) is 11.5 Å². The Morgan fingerprint density at radius 1 is 1.17 bits per heavy atom. The van der Waals surface area contributed by atoms with Crippen LogP contribution in [0.4, 0.5) is 10.1 Å². The summed E-state index contributed by atoms with van der Waals surface area (Å²) in [5.74, 6) is -0.134. The molecule has 0 bridgehead atoms. The van der Waals surface area contributed by atoms with Crippen molar-refractivity contribution in [3.05, 3.63) is 65.3 Å². The summed E-state index contributed by atoms with van der Waals surface area (Å²) in [6.07, 6.45) is 0.567. The minimum Gasteiger partial charge on any atom is -0.454 e. The zero-order valence-electron chi connectivity index (χ0n) is 9.26. The number of rotatable bonds is 3. The lowest BCUT2D eigenvalue weighted by Crippen LogP contribution is -1.90. The lowest BCUT2D eigenvalue weighted by molar-refractivity contribution is 0.112. The van der Waals surface area contributed by atoms with Crippen molar-refractivity contribution in [1.82, 2.24) is 0 Å². The maximum atomic E-state index is 13.5. The summed E-state index contributed by atoms with van der Waals surface area (Å²) in [6.45, 7) is 6.81. The molecule has 2 aromatic rings. The van der Waals surface area contributed by atoms with Gasteiger partial charge in [0.25, 0.3) is 0 Å². The van der Waals surface area contributed by atoms with Crippen LogP contribution in [0.2, 0.25) is 0 Å². The van der Waals surface area contributed by atoms with E-state index in [1.54, 1.807) is 24.3 Å². The third-order valence-corrected chi connectivity index (χ3v) is 2.29. The van der Waals surface area contributed by atoms with Gasteiger partial charge in [-0.05, 0) is 30.3 Å². The predicted octanol–water partition coefficient (Wildman–Crippen LogP) is 3.98. The zero-order chi connectivity index (χ0) is 13.0. The molecule has 0 unspecified atom stereocenters. The van der Waals surface area contributed by atoms with E-state index in [-0.39, 0.29) is 11.3 Å². The van der Waals surface area contributed by atoms with Crippen LogP contribution in [-0.4, -0.2) is 6.29 Å². The molecule has 0 amide bonds. The number of ether oxygens (including phenoxy) is 1. The van der Waals surface area contributed by atoms with E-state index in [1.807, 2.05) is 0 Å². The minimum absolute atomic E-state index is 0.0381. The predicted molar refractivity (Wildman–Crippen MR) is 64.6 cm³/mol. The fraction of sp³-hybridized carbons (Fsp3) is 0. The van der Waals surface area contributed by atoms with Gasteiger partial charge in [0.2, 0.25) is 0 Å². The number of carbonyl (C=O) groups excluding carboxylic acids is 1. The Bertz CT molecular complexity index is 615. The van der Waals surface area contributed by atoms with Gasteiger partial charge in [0.1, 0.15) is 12.0 Å². The first-order valence-corrected chi connectivity index (χ1v) is 5.13. The van der Waals surface area contributed by atoms with E-state index in [0.29, 0.717) is 17.7 Å². The number of hydrogen-bond donors (Lipinski definition) is 0. The van der Waals surface area contributed by atoms with Gasteiger partial charge in [-0.2, -0.15) is 0 Å². The molecule has 4 heteroatoms. The van der Waals surface area contributed by atoms with Crippen LogP contribution in [0.15, 0.2) is 42.5 Å². The van der Waals surface area contributed by atoms with Crippen LogP contribution in [0.5, 0.6) is 11.5 Å². The summed E-state index contributed by atoms with van der Waals surface area (Å²) in [4.78, 5) is 13.7. The second kappa shape index (κ2) is 5.11. The van der Waals surface area contributed by atoms with Crippen LogP contribution in [0.1, 0.15) is 10.4 Å². The van der Waals surface area contributed by atoms with Gasteiger partial charge < -0.3 is 4.74 Å². The van der Waals surface area contributed by atoms with Gasteiger partial charge in [0.15, 0.2) is 17.3 Å². The summed E-state index contributed by atoms with van der Waals surface area (Å²) in [5, 5.41) is 0. The fourth-order valence-electron chi connectivity index (χ4n) is 1.39. The first-order valence-electron chi connectivity index (χ1n) is 5.13. The molecule has 0 spiro atoms. The maximum absolute atomic E-state index is 13.5. The van der Waals surface area contributed by atoms with Crippen LogP contribution < -0.4 is 4.74 Å². The lowest BCUT2D eigenvalue weighted by atomic mass is 10.2. The molecule has 0 aliphatic heterocycles. The highest BCUT2D eigenvalue weighted by molar-refractivity contribution is 5.75. The first-order chi connectivity index (χ1) is 8.72. The molecule has 0 fully saturated rings. The Balaban J connectivity index is 2.23.